The molecule has 2 aromatic rings. The Morgan fingerprint density at radius 3 is 2.33 bits per heavy atom. The third-order valence-electron chi connectivity index (χ3n) is 5.44. The molecule has 2 fully saturated rings. The van der Waals surface area contributed by atoms with E-state index in [9.17, 15) is 9.90 Å². The number of carbonyl (C=O) groups excluding carboxylic acids is 1. The summed E-state index contributed by atoms with van der Waals surface area (Å²) in [7, 11) is 0. The van der Waals surface area contributed by atoms with Crippen molar-refractivity contribution in [3.8, 4) is 0 Å². The Kier molecular flexibility index (Phi) is 5.25. The molecule has 5 heteroatoms. The van der Waals surface area contributed by atoms with Crippen molar-refractivity contribution in [2.75, 3.05) is 13.2 Å². The second kappa shape index (κ2) is 7.80. The van der Waals surface area contributed by atoms with Gasteiger partial charge in [-0.25, -0.2) is 4.79 Å². The standard InChI is InChI=1S/C22H24O5/c23-19-11-12-22(25-13-14-26-22)15-18(19)20(16-7-3-1-4-8-16)27-21(24)17-9-5-2-6-10-17/h1-10,18-20,23H,11-15H2/t18-,19-,20-/m1/s1. The van der Waals surface area contributed by atoms with Crippen LogP contribution in [0.2, 0.25) is 0 Å². The zero-order valence-electron chi connectivity index (χ0n) is 15.1. The molecule has 0 bridgehead atoms. The Balaban J connectivity index is 1.62. The van der Waals surface area contributed by atoms with Gasteiger partial charge in [-0.3, -0.25) is 0 Å². The lowest BCUT2D eigenvalue weighted by Crippen LogP contribution is -2.45. The molecule has 1 spiro atoms. The molecule has 3 atom stereocenters. The lowest BCUT2D eigenvalue weighted by molar-refractivity contribution is -0.213. The van der Waals surface area contributed by atoms with E-state index >= 15 is 0 Å². The van der Waals surface area contributed by atoms with Crippen LogP contribution in [-0.4, -0.2) is 36.2 Å². The largest absolute Gasteiger partial charge is 0.453 e. The van der Waals surface area contributed by atoms with Crippen molar-refractivity contribution in [2.45, 2.75) is 37.3 Å². The number of hydrogen-bond donors (Lipinski definition) is 1. The van der Waals surface area contributed by atoms with Crippen molar-refractivity contribution in [1.29, 1.82) is 0 Å². The summed E-state index contributed by atoms with van der Waals surface area (Å²) in [5.41, 5.74) is 1.35. The average molecular weight is 368 g/mol. The number of benzene rings is 2. The fourth-order valence-electron chi connectivity index (χ4n) is 4.05. The molecule has 1 N–H and O–H groups in total. The van der Waals surface area contributed by atoms with Crippen molar-refractivity contribution in [2.24, 2.45) is 5.92 Å². The van der Waals surface area contributed by atoms with Gasteiger partial charge in [0.1, 0.15) is 6.10 Å². The lowest BCUT2D eigenvalue weighted by Gasteiger charge is -2.42. The van der Waals surface area contributed by atoms with Gasteiger partial charge in [-0.05, 0) is 24.1 Å². The number of ether oxygens (including phenoxy) is 3. The highest BCUT2D eigenvalue weighted by atomic mass is 16.7. The van der Waals surface area contributed by atoms with E-state index in [2.05, 4.69) is 0 Å². The van der Waals surface area contributed by atoms with Crippen molar-refractivity contribution in [3.05, 3.63) is 71.8 Å². The monoisotopic (exact) mass is 368 g/mol. The summed E-state index contributed by atoms with van der Waals surface area (Å²) in [5.74, 6) is -1.37. The van der Waals surface area contributed by atoms with Crippen molar-refractivity contribution >= 4 is 5.97 Å². The number of rotatable bonds is 4. The fourth-order valence-corrected chi connectivity index (χ4v) is 4.05. The van der Waals surface area contributed by atoms with Gasteiger partial charge < -0.3 is 19.3 Å². The Labute approximate surface area is 158 Å². The summed E-state index contributed by atoms with van der Waals surface area (Å²) in [6, 6.07) is 18.5. The molecule has 27 heavy (non-hydrogen) atoms. The van der Waals surface area contributed by atoms with Crippen LogP contribution in [-0.2, 0) is 14.2 Å². The average Bonchev–Trinajstić information content (AvgIpc) is 3.17. The van der Waals surface area contributed by atoms with E-state index in [4.69, 9.17) is 14.2 Å². The molecule has 4 rings (SSSR count). The van der Waals surface area contributed by atoms with Crippen LogP contribution < -0.4 is 0 Å². The van der Waals surface area contributed by atoms with Crippen molar-refractivity contribution in [1.82, 2.24) is 0 Å². The van der Waals surface area contributed by atoms with Crippen LogP contribution in [0.25, 0.3) is 0 Å². The van der Waals surface area contributed by atoms with Crippen molar-refractivity contribution in [3.63, 3.8) is 0 Å². The summed E-state index contributed by atoms with van der Waals surface area (Å²) in [6.45, 7) is 1.12. The second-order valence-corrected chi connectivity index (χ2v) is 7.18. The number of hydrogen-bond acceptors (Lipinski definition) is 5. The normalized spacial score (nSPS) is 25.2. The fraction of sp³-hybridized carbons (Fsp3) is 0.409. The topological polar surface area (TPSA) is 65.0 Å². The predicted octanol–water partition coefficient (Wildman–Crippen LogP) is 3.49. The molecule has 2 aliphatic rings. The number of carbonyl (C=O) groups is 1. The quantitative estimate of drug-likeness (QED) is 0.837. The van der Waals surface area contributed by atoms with E-state index in [-0.39, 0.29) is 5.92 Å². The van der Waals surface area contributed by atoms with E-state index in [1.54, 1.807) is 24.3 Å². The summed E-state index contributed by atoms with van der Waals surface area (Å²) in [5, 5.41) is 10.7. The third kappa shape index (κ3) is 3.90. The van der Waals surface area contributed by atoms with E-state index in [1.807, 2.05) is 36.4 Å². The van der Waals surface area contributed by atoms with Crippen LogP contribution in [0.3, 0.4) is 0 Å². The highest BCUT2D eigenvalue weighted by molar-refractivity contribution is 5.89. The first kappa shape index (κ1) is 18.2. The third-order valence-corrected chi connectivity index (χ3v) is 5.44. The molecule has 1 aliphatic heterocycles. The molecular formula is C22H24O5. The van der Waals surface area contributed by atoms with Crippen LogP contribution in [0.5, 0.6) is 0 Å². The smallest absolute Gasteiger partial charge is 0.338 e. The molecule has 142 valence electrons. The van der Waals surface area contributed by atoms with Crippen molar-refractivity contribution < 1.29 is 24.1 Å². The Morgan fingerprint density at radius 1 is 1.04 bits per heavy atom. The van der Waals surface area contributed by atoms with Gasteiger partial charge in [-0.1, -0.05) is 48.5 Å². The minimum Gasteiger partial charge on any atom is -0.453 e. The van der Waals surface area contributed by atoms with Crippen LogP contribution in [0.1, 0.15) is 41.3 Å². The van der Waals surface area contributed by atoms with E-state index in [1.165, 1.54) is 0 Å². The Bertz CT molecular complexity index is 755. The summed E-state index contributed by atoms with van der Waals surface area (Å²) >= 11 is 0. The highest BCUT2D eigenvalue weighted by Crippen LogP contribution is 2.45. The molecule has 1 heterocycles. The molecule has 1 saturated carbocycles. The van der Waals surface area contributed by atoms with E-state index in [0.717, 1.165) is 5.56 Å². The van der Waals surface area contributed by atoms with Gasteiger partial charge in [0.05, 0.1) is 24.9 Å². The Morgan fingerprint density at radius 2 is 1.67 bits per heavy atom. The zero-order chi connectivity index (χ0) is 18.7. The van der Waals surface area contributed by atoms with Gasteiger partial charge in [-0.2, -0.15) is 0 Å². The number of aliphatic hydroxyl groups is 1. The van der Waals surface area contributed by atoms with E-state index in [0.29, 0.717) is 38.0 Å². The lowest BCUT2D eigenvalue weighted by atomic mass is 9.77. The molecule has 0 radical (unpaired) electrons. The first-order chi connectivity index (χ1) is 13.2. The van der Waals surface area contributed by atoms with Gasteiger partial charge in [0.25, 0.3) is 0 Å². The zero-order valence-corrected chi connectivity index (χ0v) is 15.1. The van der Waals surface area contributed by atoms with Crippen LogP contribution in [0.15, 0.2) is 60.7 Å². The minimum absolute atomic E-state index is 0.299. The van der Waals surface area contributed by atoms with E-state index < -0.39 is 24.0 Å². The minimum atomic E-state index is -0.671. The first-order valence-electron chi connectivity index (χ1n) is 9.44. The maximum Gasteiger partial charge on any atom is 0.338 e. The molecule has 5 nitrogen and oxygen atoms in total. The van der Waals surface area contributed by atoms with Gasteiger partial charge in [0.15, 0.2) is 5.79 Å². The van der Waals surface area contributed by atoms with Gasteiger partial charge in [0.2, 0.25) is 0 Å². The summed E-state index contributed by atoms with van der Waals surface area (Å²) < 4.78 is 17.6. The number of esters is 1. The molecule has 0 unspecified atom stereocenters. The predicted molar refractivity (Wildman–Crippen MR) is 99.0 cm³/mol. The molecule has 0 amide bonds. The maximum absolute atomic E-state index is 12.7. The second-order valence-electron chi connectivity index (χ2n) is 7.18. The van der Waals surface area contributed by atoms with Gasteiger partial charge in [-0.15, -0.1) is 0 Å². The first-order valence-corrected chi connectivity index (χ1v) is 9.44. The van der Waals surface area contributed by atoms with Crippen LogP contribution >= 0.6 is 0 Å². The highest BCUT2D eigenvalue weighted by Gasteiger charge is 2.48. The molecule has 1 aliphatic carbocycles. The molecule has 1 saturated heterocycles. The molecule has 2 aromatic carbocycles. The van der Waals surface area contributed by atoms with Crippen LogP contribution in [0, 0.1) is 5.92 Å². The molecular weight excluding hydrogens is 344 g/mol. The number of aliphatic hydroxyl groups excluding tert-OH is 1. The SMILES string of the molecule is O=C(O[C@H](c1ccccc1)[C@@H]1CC2(CC[C@H]1O)OCCO2)c1ccccc1. The van der Waals surface area contributed by atoms with Crippen LogP contribution in [0.4, 0.5) is 0 Å². The Hall–Kier alpha value is -2.21. The van der Waals surface area contributed by atoms with Gasteiger partial charge >= 0.3 is 5.97 Å². The van der Waals surface area contributed by atoms with Gasteiger partial charge in [0, 0.05) is 18.8 Å². The summed E-state index contributed by atoms with van der Waals surface area (Å²) in [4.78, 5) is 12.7. The summed E-state index contributed by atoms with van der Waals surface area (Å²) in [6.07, 6.45) is 0.543. The molecule has 0 aromatic heterocycles. The maximum atomic E-state index is 12.7.